The number of nitrogen functional groups attached to an aromatic ring is 1. The quantitative estimate of drug-likeness (QED) is 0.727. The van der Waals surface area contributed by atoms with Gasteiger partial charge in [0.05, 0.1) is 11.5 Å². The normalized spacial score (nSPS) is 21.7. The molecule has 1 aromatic rings. The molecule has 0 aromatic carbocycles. The first-order chi connectivity index (χ1) is 9.73. The Bertz CT molecular complexity index is 709. The molecule has 1 fully saturated rings. The molecule has 1 atom stereocenters. The number of aromatic nitrogens is 2. The van der Waals surface area contributed by atoms with E-state index in [1.807, 2.05) is 6.92 Å². The minimum atomic E-state index is -3.77. The molecule has 0 amide bonds. The summed E-state index contributed by atoms with van der Waals surface area (Å²) in [5.41, 5.74) is 5.64. The van der Waals surface area contributed by atoms with Gasteiger partial charge in [0.25, 0.3) is 0 Å². The number of nitrogens with zero attached hydrogens (tertiary/aromatic N) is 2. The standard InChI is InChI=1S/C11H20N4O4S2/c1-2-4-15-7-10(11(12)14-15)21(18,19)13-6-9-3-5-20(16,17)8-9/h7,9,13H,2-6,8H2,1H3,(H2,12,14). The fraction of sp³-hybridized carbons (Fsp3) is 0.727. The molecular formula is C11H20N4O4S2. The van der Waals surface area contributed by atoms with Crippen LogP contribution in [0.25, 0.3) is 0 Å². The summed E-state index contributed by atoms with van der Waals surface area (Å²) in [6.45, 7) is 2.63. The number of hydrogen-bond donors (Lipinski definition) is 2. The van der Waals surface area contributed by atoms with E-state index >= 15 is 0 Å². The van der Waals surface area contributed by atoms with E-state index in [9.17, 15) is 16.8 Å². The zero-order valence-electron chi connectivity index (χ0n) is 11.8. The maximum absolute atomic E-state index is 12.2. The van der Waals surface area contributed by atoms with Gasteiger partial charge in [-0.2, -0.15) is 5.10 Å². The molecule has 21 heavy (non-hydrogen) atoms. The summed E-state index contributed by atoms with van der Waals surface area (Å²) < 4.78 is 51.0. The summed E-state index contributed by atoms with van der Waals surface area (Å²) in [7, 11) is -6.78. The number of sulfone groups is 1. The van der Waals surface area contributed by atoms with Crippen LogP contribution in [0.2, 0.25) is 0 Å². The lowest BCUT2D eigenvalue weighted by Gasteiger charge is -2.09. The Kier molecular flexibility index (Phi) is 4.59. The van der Waals surface area contributed by atoms with Crippen LogP contribution < -0.4 is 10.5 Å². The van der Waals surface area contributed by atoms with Crippen molar-refractivity contribution in [3.05, 3.63) is 6.20 Å². The molecule has 0 saturated carbocycles. The second kappa shape index (κ2) is 5.93. The summed E-state index contributed by atoms with van der Waals surface area (Å²) in [5, 5.41) is 3.95. The van der Waals surface area contributed by atoms with Crippen molar-refractivity contribution in [2.75, 3.05) is 23.8 Å². The van der Waals surface area contributed by atoms with Crippen molar-refractivity contribution in [1.29, 1.82) is 0 Å². The van der Waals surface area contributed by atoms with Crippen LogP contribution in [-0.4, -0.2) is 44.7 Å². The first-order valence-electron chi connectivity index (χ1n) is 6.76. The summed E-state index contributed by atoms with van der Waals surface area (Å²) in [6.07, 6.45) is 2.69. The number of aryl methyl sites for hydroxylation is 1. The Morgan fingerprint density at radius 1 is 1.52 bits per heavy atom. The molecule has 0 spiro atoms. The molecular weight excluding hydrogens is 316 g/mol. The lowest BCUT2D eigenvalue weighted by Crippen LogP contribution is -2.30. The molecule has 0 aliphatic carbocycles. The number of rotatable bonds is 6. The molecule has 1 aliphatic rings. The summed E-state index contributed by atoms with van der Waals surface area (Å²) >= 11 is 0. The number of nitrogens with two attached hydrogens (primary N) is 1. The first kappa shape index (κ1) is 16.2. The Balaban J connectivity index is 2.05. The minimum absolute atomic E-state index is 0.0279. The maximum Gasteiger partial charge on any atom is 0.245 e. The number of hydrogen-bond acceptors (Lipinski definition) is 6. The van der Waals surface area contributed by atoms with Crippen LogP contribution in [0.15, 0.2) is 11.1 Å². The van der Waals surface area contributed by atoms with Gasteiger partial charge in [-0.05, 0) is 18.8 Å². The fourth-order valence-electron chi connectivity index (χ4n) is 2.31. The number of sulfonamides is 1. The second-order valence-electron chi connectivity index (χ2n) is 5.26. The van der Waals surface area contributed by atoms with Crippen LogP contribution in [0.4, 0.5) is 5.82 Å². The Morgan fingerprint density at radius 3 is 2.81 bits per heavy atom. The number of anilines is 1. The van der Waals surface area contributed by atoms with E-state index in [1.54, 1.807) is 0 Å². The van der Waals surface area contributed by atoms with Crippen LogP contribution >= 0.6 is 0 Å². The van der Waals surface area contributed by atoms with Gasteiger partial charge in [-0.15, -0.1) is 0 Å². The van der Waals surface area contributed by atoms with Crippen LogP contribution in [-0.2, 0) is 26.4 Å². The van der Waals surface area contributed by atoms with Gasteiger partial charge in [0.1, 0.15) is 4.90 Å². The van der Waals surface area contributed by atoms with Crippen molar-refractivity contribution >= 4 is 25.7 Å². The predicted molar refractivity (Wildman–Crippen MR) is 78.9 cm³/mol. The molecule has 1 saturated heterocycles. The predicted octanol–water partition coefficient (Wildman–Crippen LogP) is -0.412. The topological polar surface area (TPSA) is 124 Å². The summed E-state index contributed by atoms with van der Waals surface area (Å²) in [6, 6.07) is 0. The molecule has 3 N–H and O–H groups in total. The van der Waals surface area contributed by atoms with E-state index in [0.717, 1.165) is 6.42 Å². The van der Waals surface area contributed by atoms with Gasteiger partial charge >= 0.3 is 0 Å². The van der Waals surface area contributed by atoms with Crippen molar-refractivity contribution in [3.8, 4) is 0 Å². The third kappa shape index (κ3) is 3.95. The smallest absolute Gasteiger partial charge is 0.245 e. The fourth-order valence-corrected chi connectivity index (χ4v) is 5.36. The summed E-state index contributed by atoms with van der Waals surface area (Å²) in [5.74, 6) is -0.0811. The van der Waals surface area contributed by atoms with Gasteiger partial charge in [-0.1, -0.05) is 6.92 Å². The van der Waals surface area contributed by atoms with Gasteiger partial charge in [0.15, 0.2) is 15.7 Å². The van der Waals surface area contributed by atoms with Crippen molar-refractivity contribution in [2.24, 2.45) is 5.92 Å². The average molecular weight is 336 g/mol. The third-order valence-corrected chi connectivity index (χ3v) is 6.66. The van der Waals surface area contributed by atoms with E-state index in [0.29, 0.717) is 13.0 Å². The first-order valence-corrected chi connectivity index (χ1v) is 10.1. The minimum Gasteiger partial charge on any atom is -0.381 e. The highest BCUT2D eigenvalue weighted by Gasteiger charge is 2.29. The molecule has 2 rings (SSSR count). The highest BCUT2D eigenvalue weighted by atomic mass is 32.2. The van der Waals surface area contributed by atoms with Crippen LogP contribution in [0.1, 0.15) is 19.8 Å². The van der Waals surface area contributed by atoms with E-state index in [2.05, 4.69) is 9.82 Å². The van der Waals surface area contributed by atoms with Crippen molar-refractivity contribution in [3.63, 3.8) is 0 Å². The van der Waals surface area contributed by atoms with Crippen molar-refractivity contribution in [1.82, 2.24) is 14.5 Å². The van der Waals surface area contributed by atoms with Crippen LogP contribution in [0, 0.1) is 5.92 Å². The molecule has 2 heterocycles. The molecule has 10 heteroatoms. The van der Waals surface area contributed by atoms with E-state index in [4.69, 9.17) is 5.73 Å². The summed E-state index contributed by atoms with van der Waals surface area (Å²) in [4.78, 5) is -0.0585. The Hall–Kier alpha value is -1.13. The monoisotopic (exact) mass is 336 g/mol. The lowest BCUT2D eigenvalue weighted by molar-refractivity contribution is 0.543. The Labute approximate surface area is 124 Å². The average Bonchev–Trinajstić information content (AvgIpc) is 2.91. The molecule has 0 radical (unpaired) electrons. The molecule has 1 aliphatic heterocycles. The van der Waals surface area contributed by atoms with Gasteiger partial charge < -0.3 is 5.73 Å². The second-order valence-corrected chi connectivity index (χ2v) is 9.23. The lowest BCUT2D eigenvalue weighted by atomic mass is 10.1. The highest BCUT2D eigenvalue weighted by Crippen LogP contribution is 2.20. The van der Waals surface area contributed by atoms with Gasteiger partial charge in [0, 0.05) is 19.3 Å². The van der Waals surface area contributed by atoms with E-state index in [-0.39, 0.29) is 34.7 Å². The van der Waals surface area contributed by atoms with Gasteiger partial charge in [-0.25, -0.2) is 21.6 Å². The van der Waals surface area contributed by atoms with Crippen LogP contribution in [0.3, 0.4) is 0 Å². The zero-order chi connectivity index (χ0) is 15.7. The largest absolute Gasteiger partial charge is 0.381 e. The molecule has 8 nitrogen and oxygen atoms in total. The maximum atomic E-state index is 12.2. The van der Waals surface area contributed by atoms with Crippen molar-refractivity contribution < 1.29 is 16.8 Å². The molecule has 1 aromatic heterocycles. The number of nitrogens with one attached hydrogen (secondary N) is 1. The SMILES string of the molecule is CCCn1cc(S(=O)(=O)NCC2CCS(=O)(=O)C2)c(N)n1. The van der Waals surface area contributed by atoms with Crippen LogP contribution in [0.5, 0.6) is 0 Å². The highest BCUT2D eigenvalue weighted by molar-refractivity contribution is 7.91. The van der Waals surface area contributed by atoms with Gasteiger partial charge in [0.2, 0.25) is 10.0 Å². The zero-order valence-corrected chi connectivity index (χ0v) is 13.5. The third-order valence-electron chi connectivity index (χ3n) is 3.39. The molecule has 120 valence electrons. The van der Waals surface area contributed by atoms with Crippen molar-refractivity contribution in [2.45, 2.75) is 31.2 Å². The van der Waals surface area contributed by atoms with E-state index < -0.39 is 19.9 Å². The van der Waals surface area contributed by atoms with E-state index in [1.165, 1.54) is 10.9 Å². The molecule has 0 bridgehead atoms. The van der Waals surface area contributed by atoms with Gasteiger partial charge in [-0.3, -0.25) is 4.68 Å². The molecule has 1 unspecified atom stereocenters. The Morgan fingerprint density at radius 2 is 2.24 bits per heavy atom.